The van der Waals surface area contributed by atoms with E-state index < -0.39 is 0 Å². The van der Waals surface area contributed by atoms with Crippen LogP contribution in [0.5, 0.6) is 0 Å². The summed E-state index contributed by atoms with van der Waals surface area (Å²) in [7, 11) is 0. The molecule has 1 aliphatic carbocycles. The summed E-state index contributed by atoms with van der Waals surface area (Å²) in [5, 5.41) is 3.24. The predicted molar refractivity (Wildman–Crippen MR) is 93.4 cm³/mol. The smallest absolute Gasteiger partial charge is 0.222 e. The Morgan fingerprint density at radius 1 is 1.23 bits per heavy atom. The van der Waals surface area contributed by atoms with Gasteiger partial charge in [-0.3, -0.25) is 4.79 Å². The molecular weight excluding hydrogens is 270 g/mol. The average molecular weight is 299 g/mol. The molecule has 22 heavy (non-hydrogen) atoms. The lowest BCUT2D eigenvalue weighted by molar-refractivity contribution is -0.126. The van der Waals surface area contributed by atoms with Gasteiger partial charge in [-0.2, -0.15) is 0 Å². The normalized spacial score (nSPS) is 22.4. The summed E-state index contributed by atoms with van der Waals surface area (Å²) >= 11 is 0. The lowest BCUT2D eigenvalue weighted by Crippen LogP contribution is -2.52. The summed E-state index contributed by atoms with van der Waals surface area (Å²) in [5.74, 6) is 1.22. The van der Waals surface area contributed by atoms with Crippen molar-refractivity contribution < 1.29 is 4.79 Å². The van der Waals surface area contributed by atoms with Crippen molar-refractivity contribution in [3.8, 4) is 0 Å². The molecule has 2 atom stereocenters. The van der Waals surface area contributed by atoms with Crippen LogP contribution in [0, 0.1) is 17.8 Å². The number of hydrogen-bond acceptors (Lipinski definition) is 1. The Kier molecular flexibility index (Phi) is 5.10. The van der Waals surface area contributed by atoms with Gasteiger partial charge in [-0.15, -0.1) is 0 Å². The minimum Gasteiger partial charge on any atom is -0.351 e. The second-order valence-corrected chi connectivity index (χ2v) is 7.48. The first kappa shape index (κ1) is 16.8. The molecule has 0 saturated heterocycles. The van der Waals surface area contributed by atoms with Gasteiger partial charge in [0.1, 0.15) is 0 Å². The molecule has 2 heteroatoms. The number of hydrogen-bond donors (Lipinski definition) is 1. The van der Waals surface area contributed by atoms with Gasteiger partial charge in [-0.1, -0.05) is 57.2 Å². The Morgan fingerprint density at radius 3 is 2.41 bits per heavy atom. The highest BCUT2D eigenvalue weighted by molar-refractivity contribution is 5.78. The van der Waals surface area contributed by atoms with Crippen molar-refractivity contribution in [1.29, 1.82) is 0 Å². The quantitative estimate of drug-likeness (QED) is 0.860. The number of benzene rings is 1. The fourth-order valence-electron chi connectivity index (χ4n) is 3.52. The van der Waals surface area contributed by atoms with Crippen molar-refractivity contribution in [2.45, 2.75) is 53.0 Å². The summed E-state index contributed by atoms with van der Waals surface area (Å²) < 4.78 is 0. The van der Waals surface area contributed by atoms with Crippen molar-refractivity contribution in [1.82, 2.24) is 5.32 Å². The highest BCUT2D eigenvalue weighted by Crippen LogP contribution is 2.39. The van der Waals surface area contributed by atoms with Crippen molar-refractivity contribution >= 4 is 11.5 Å². The monoisotopic (exact) mass is 299 g/mol. The Bertz CT molecular complexity index is 542. The van der Waals surface area contributed by atoms with E-state index in [4.69, 9.17) is 0 Å². The molecular formula is C20H29NO. The molecule has 0 saturated carbocycles. The van der Waals surface area contributed by atoms with E-state index in [9.17, 15) is 4.79 Å². The molecule has 1 aromatic carbocycles. The summed E-state index contributed by atoms with van der Waals surface area (Å²) in [4.78, 5) is 12.1. The van der Waals surface area contributed by atoms with Crippen LogP contribution in [-0.2, 0) is 4.79 Å². The number of rotatable bonds is 4. The lowest BCUT2D eigenvalue weighted by atomic mass is 9.70. The minimum atomic E-state index is -0.167. The SMILES string of the molecule is CC(C)C(=O)NC(C)(C)[C@H]1CC=C(c2ccccc2)C[C@H]1C. The minimum absolute atomic E-state index is 0.0357. The summed E-state index contributed by atoms with van der Waals surface area (Å²) in [6, 6.07) is 10.6. The van der Waals surface area contributed by atoms with Gasteiger partial charge in [-0.25, -0.2) is 0 Å². The summed E-state index contributed by atoms with van der Waals surface area (Å²) in [6.07, 6.45) is 4.47. The van der Waals surface area contributed by atoms with Crippen molar-refractivity contribution in [2.24, 2.45) is 17.8 Å². The standard InChI is InChI=1S/C20H29NO/c1-14(2)19(22)21-20(4,5)18-12-11-17(13-15(18)3)16-9-7-6-8-10-16/h6-11,14-15,18H,12-13H2,1-5H3,(H,21,22)/t15-,18+/m1/s1. The molecule has 0 heterocycles. The van der Waals surface area contributed by atoms with Crippen LogP contribution in [0.25, 0.3) is 5.57 Å². The molecule has 0 aliphatic heterocycles. The number of allylic oxidation sites excluding steroid dienone is 2. The van der Waals surface area contributed by atoms with E-state index in [0.29, 0.717) is 11.8 Å². The van der Waals surface area contributed by atoms with E-state index >= 15 is 0 Å². The molecule has 1 N–H and O–H groups in total. The first-order chi connectivity index (χ1) is 10.3. The maximum absolute atomic E-state index is 12.1. The molecule has 0 unspecified atom stereocenters. The van der Waals surface area contributed by atoms with Crippen molar-refractivity contribution in [3.05, 3.63) is 42.0 Å². The number of carbonyl (C=O) groups is 1. The fourth-order valence-corrected chi connectivity index (χ4v) is 3.52. The van der Waals surface area contributed by atoms with Gasteiger partial charge in [0.05, 0.1) is 0 Å². The summed E-state index contributed by atoms with van der Waals surface area (Å²) in [5.41, 5.74) is 2.60. The number of carbonyl (C=O) groups excluding carboxylic acids is 1. The molecule has 0 fully saturated rings. The zero-order valence-electron chi connectivity index (χ0n) is 14.5. The van der Waals surface area contributed by atoms with Gasteiger partial charge in [0, 0.05) is 11.5 Å². The highest BCUT2D eigenvalue weighted by Gasteiger charge is 2.36. The maximum atomic E-state index is 12.1. The van der Waals surface area contributed by atoms with E-state index in [2.05, 4.69) is 62.5 Å². The van der Waals surface area contributed by atoms with Crippen LogP contribution in [0.4, 0.5) is 0 Å². The Morgan fingerprint density at radius 2 is 1.86 bits per heavy atom. The zero-order valence-corrected chi connectivity index (χ0v) is 14.5. The van der Waals surface area contributed by atoms with Crippen LogP contribution < -0.4 is 5.32 Å². The van der Waals surface area contributed by atoms with Crippen LogP contribution in [0.1, 0.15) is 53.0 Å². The van der Waals surface area contributed by atoms with Gasteiger partial charge in [0.2, 0.25) is 5.91 Å². The first-order valence-corrected chi connectivity index (χ1v) is 8.37. The zero-order chi connectivity index (χ0) is 16.3. The van der Waals surface area contributed by atoms with Gasteiger partial charge in [0.15, 0.2) is 0 Å². The Hall–Kier alpha value is -1.57. The molecule has 0 spiro atoms. The molecule has 1 aromatic rings. The van der Waals surface area contributed by atoms with Gasteiger partial charge in [-0.05, 0) is 49.7 Å². The highest BCUT2D eigenvalue weighted by atomic mass is 16.2. The molecule has 120 valence electrons. The lowest BCUT2D eigenvalue weighted by Gasteiger charge is -2.41. The second kappa shape index (κ2) is 6.68. The first-order valence-electron chi connectivity index (χ1n) is 8.37. The fraction of sp³-hybridized carbons (Fsp3) is 0.550. The topological polar surface area (TPSA) is 29.1 Å². The van der Waals surface area contributed by atoms with Crippen molar-refractivity contribution in [2.75, 3.05) is 0 Å². The van der Waals surface area contributed by atoms with Gasteiger partial charge < -0.3 is 5.32 Å². The van der Waals surface area contributed by atoms with Crippen LogP contribution in [0.3, 0.4) is 0 Å². The molecule has 0 bridgehead atoms. The van der Waals surface area contributed by atoms with Crippen LogP contribution in [0.15, 0.2) is 36.4 Å². The molecule has 2 nitrogen and oxygen atoms in total. The maximum Gasteiger partial charge on any atom is 0.222 e. The van der Waals surface area contributed by atoms with E-state index in [1.807, 2.05) is 13.8 Å². The van der Waals surface area contributed by atoms with Gasteiger partial charge >= 0.3 is 0 Å². The summed E-state index contributed by atoms with van der Waals surface area (Å²) in [6.45, 7) is 10.5. The Balaban J connectivity index is 2.12. The average Bonchev–Trinajstić information content (AvgIpc) is 2.47. The van der Waals surface area contributed by atoms with E-state index in [0.717, 1.165) is 12.8 Å². The predicted octanol–water partition coefficient (Wildman–Crippen LogP) is 4.67. The third-order valence-electron chi connectivity index (χ3n) is 4.89. The molecule has 0 aromatic heterocycles. The largest absolute Gasteiger partial charge is 0.351 e. The third kappa shape index (κ3) is 3.79. The van der Waals surface area contributed by atoms with Crippen LogP contribution in [-0.4, -0.2) is 11.4 Å². The number of amides is 1. The molecule has 0 radical (unpaired) electrons. The van der Waals surface area contributed by atoms with E-state index in [-0.39, 0.29) is 17.4 Å². The third-order valence-corrected chi connectivity index (χ3v) is 4.89. The molecule has 2 rings (SSSR count). The van der Waals surface area contributed by atoms with Crippen LogP contribution in [0.2, 0.25) is 0 Å². The van der Waals surface area contributed by atoms with Gasteiger partial charge in [0.25, 0.3) is 0 Å². The van der Waals surface area contributed by atoms with E-state index in [1.54, 1.807) is 0 Å². The molecule has 1 amide bonds. The Labute approximate surface area is 135 Å². The van der Waals surface area contributed by atoms with Crippen LogP contribution >= 0.6 is 0 Å². The molecule has 1 aliphatic rings. The van der Waals surface area contributed by atoms with Crippen molar-refractivity contribution in [3.63, 3.8) is 0 Å². The number of nitrogens with one attached hydrogen (secondary N) is 1. The van der Waals surface area contributed by atoms with E-state index in [1.165, 1.54) is 11.1 Å². The second-order valence-electron chi connectivity index (χ2n) is 7.48.